The van der Waals surface area contributed by atoms with Gasteiger partial charge in [0.2, 0.25) is 5.91 Å². The molecule has 0 aromatic heterocycles. The molecule has 2 rings (SSSR count). The van der Waals surface area contributed by atoms with Crippen molar-refractivity contribution in [3.05, 3.63) is 29.8 Å². The predicted molar refractivity (Wildman–Crippen MR) is 86.0 cm³/mol. The SMILES string of the molecule is C[C@H](N[C@@H]1CCCC[C@@H]1C(N)=O)c1ccc(S(C)(=O)=O)cc1. The van der Waals surface area contributed by atoms with Crippen LogP contribution >= 0.6 is 0 Å². The second-order valence-corrected chi connectivity index (χ2v) is 8.15. The van der Waals surface area contributed by atoms with E-state index in [2.05, 4.69) is 5.32 Å². The zero-order valence-electron chi connectivity index (χ0n) is 13.1. The molecule has 3 N–H and O–H groups in total. The Balaban J connectivity index is 2.08. The summed E-state index contributed by atoms with van der Waals surface area (Å²) in [4.78, 5) is 11.9. The summed E-state index contributed by atoms with van der Waals surface area (Å²) in [5.74, 6) is -0.358. The lowest BCUT2D eigenvalue weighted by molar-refractivity contribution is -0.123. The molecule has 1 amide bonds. The summed E-state index contributed by atoms with van der Waals surface area (Å²) in [6, 6.07) is 7.01. The summed E-state index contributed by atoms with van der Waals surface area (Å²) < 4.78 is 23.0. The van der Waals surface area contributed by atoms with Crippen LogP contribution in [0.4, 0.5) is 0 Å². The van der Waals surface area contributed by atoms with Crippen LogP contribution < -0.4 is 11.1 Å². The van der Waals surface area contributed by atoms with Crippen LogP contribution in [0, 0.1) is 5.92 Å². The molecule has 22 heavy (non-hydrogen) atoms. The van der Waals surface area contributed by atoms with Crippen molar-refractivity contribution in [1.29, 1.82) is 0 Å². The second kappa shape index (κ2) is 6.79. The summed E-state index contributed by atoms with van der Waals surface area (Å²) in [5.41, 5.74) is 6.50. The fourth-order valence-electron chi connectivity index (χ4n) is 3.09. The number of primary amides is 1. The highest BCUT2D eigenvalue weighted by Gasteiger charge is 2.30. The topological polar surface area (TPSA) is 89.3 Å². The molecule has 3 atom stereocenters. The lowest BCUT2D eigenvalue weighted by Gasteiger charge is -2.32. The molecule has 1 aliphatic carbocycles. The van der Waals surface area contributed by atoms with Gasteiger partial charge in [0.25, 0.3) is 0 Å². The Morgan fingerprint density at radius 2 is 1.82 bits per heavy atom. The van der Waals surface area contributed by atoms with Crippen LogP contribution in [0.3, 0.4) is 0 Å². The van der Waals surface area contributed by atoms with E-state index in [1.165, 1.54) is 6.26 Å². The quantitative estimate of drug-likeness (QED) is 0.864. The summed E-state index contributed by atoms with van der Waals surface area (Å²) in [7, 11) is -3.17. The minimum absolute atomic E-state index is 0.0403. The molecule has 1 fully saturated rings. The predicted octanol–water partition coefficient (Wildman–Crippen LogP) is 1.78. The molecule has 122 valence electrons. The molecule has 1 aromatic rings. The molecule has 1 aromatic carbocycles. The van der Waals surface area contributed by atoms with Crippen LogP contribution in [0.1, 0.15) is 44.2 Å². The van der Waals surface area contributed by atoms with Gasteiger partial charge in [0, 0.05) is 18.3 Å². The Bertz CT molecular complexity index is 625. The Morgan fingerprint density at radius 3 is 2.36 bits per heavy atom. The van der Waals surface area contributed by atoms with Gasteiger partial charge < -0.3 is 11.1 Å². The van der Waals surface area contributed by atoms with Crippen molar-refractivity contribution >= 4 is 15.7 Å². The highest BCUT2D eigenvalue weighted by Crippen LogP contribution is 2.27. The number of carbonyl (C=O) groups excluding carboxylic acids is 1. The van der Waals surface area contributed by atoms with E-state index in [4.69, 9.17) is 5.73 Å². The lowest BCUT2D eigenvalue weighted by atomic mass is 9.83. The van der Waals surface area contributed by atoms with E-state index in [1.807, 2.05) is 19.1 Å². The third-order valence-electron chi connectivity index (χ3n) is 4.40. The average Bonchev–Trinajstić information content (AvgIpc) is 2.46. The van der Waals surface area contributed by atoms with Gasteiger partial charge in [0.15, 0.2) is 9.84 Å². The molecule has 0 bridgehead atoms. The number of hydrogen-bond acceptors (Lipinski definition) is 4. The Labute approximate surface area is 132 Å². The van der Waals surface area contributed by atoms with E-state index in [1.54, 1.807) is 12.1 Å². The van der Waals surface area contributed by atoms with Gasteiger partial charge in [-0.25, -0.2) is 8.42 Å². The van der Waals surface area contributed by atoms with E-state index < -0.39 is 9.84 Å². The van der Waals surface area contributed by atoms with Gasteiger partial charge in [-0.1, -0.05) is 25.0 Å². The van der Waals surface area contributed by atoms with Crippen molar-refractivity contribution in [3.8, 4) is 0 Å². The van der Waals surface area contributed by atoms with Crippen molar-refractivity contribution in [2.75, 3.05) is 6.26 Å². The maximum Gasteiger partial charge on any atom is 0.222 e. The van der Waals surface area contributed by atoms with Gasteiger partial charge in [-0.2, -0.15) is 0 Å². The third-order valence-corrected chi connectivity index (χ3v) is 5.53. The Morgan fingerprint density at radius 1 is 1.23 bits per heavy atom. The van der Waals surface area contributed by atoms with Gasteiger partial charge in [0.1, 0.15) is 0 Å². The monoisotopic (exact) mass is 324 g/mol. The smallest absolute Gasteiger partial charge is 0.222 e. The van der Waals surface area contributed by atoms with E-state index in [-0.39, 0.29) is 23.9 Å². The van der Waals surface area contributed by atoms with Gasteiger partial charge in [0.05, 0.1) is 10.8 Å². The van der Waals surface area contributed by atoms with E-state index in [9.17, 15) is 13.2 Å². The molecule has 0 saturated heterocycles. The minimum atomic E-state index is -3.17. The van der Waals surface area contributed by atoms with Crippen molar-refractivity contribution in [2.45, 2.75) is 49.6 Å². The van der Waals surface area contributed by atoms with Crippen molar-refractivity contribution in [2.24, 2.45) is 11.7 Å². The number of carbonyl (C=O) groups is 1. The molecule has 5 nitrogen and oxygen atoms in total. The zero-order valence-corrected chi connectivity index (χ0v) is 13.9. The first-order chi connectivity index (χ1) is 10.3. The third kappa shape index (κ3) is 4.08. The Hall–Kier alpha value is -1.40. The van der Waals surface area contributed by atoms with E-state index in [0.717, 1.165) is 31.2 Å². The molecular formula is C16H24N2O3S. The maximum atomic E-state index is 11.6. The normalized spacial score (nSPS) is 23.9. The Kier molecular flexibility index (Phi) is 5.24. The summed E-state index contributed by atoms with van der Waals surface area (Å²) in [6.45, 7) is 2.02. The van der Waals surface area contributed by atoms with Crippen molar-refractivity contribution in [3.63, 3.8) is 0 Å². The molecule has 0 radical (unpaired) electrons. The molecule has 1 aliphatic rings. The maximum absolute atomic E-state index is 11.6. The average molecular weight is 324 g/mol. The number of nitrogens with one attached hydrogen (secondary N) is 1. The molecule has 0 unspecified atom stereocenters. The molecular weight excluding hydrogens is 300 g/mol. The number of hydrogen-bond donors (Lipinski definition) is 2. The highest BCUT2D eigenvalue weighted by molar-refractivity contribution is 7.90. The molecule has 1 saturated carbocycles. The molecule has 0 heterocycles. The molecule has 0 spiro atoms. The minimum Gasteiger partial charge on any atom is -0.369 e. The fraction of sp³-hybridized carbons (Fsp3) is 0.562. The fourth-order valence-corrected chi connectivity index (χ4v) is 3.72. The largest absolute Gasteiger partial charge is 0.369 e. The van der Waals surface area contributed by atoms with Gasteiger partial charge in [-0.05, 0) is 37.5 Å². The van der Waals surface area contributed by atoms with Crippen LogP contribution in [-0.4, -0.2) is 26.6 Å². The summed E-state index contributed by atoms with van der Waals surface area (Å²) in [6.07, 6.45) is 5.12. The number of nitrogens with two attached hydrogens (primary N) is 1. The number of rotatable bonds is 5. The van der Waals surface area contributed by atoms with Gasteiger partial charge in [-0.15, -0.1) is 0 Å². The van der Waals surface area contributed by atoms with Crippen LogP contribution in [0.15, 0.2) is 29.2 Å². The van der Waals surface area contributed by atoms with Gasteiger partial charge >= 0.3 is 0 Å². The number of sulfone groups is 1. The summed E-state index contributed by atoms with van der Waals surface area (Å²) in [5, 5.41) is 3.47. The van der Waals surface area contributed by atoms with Gasteiger partial charge in [-0.3, -0.25) is 4.79 Å². The van der Waals surface area contributed by atoms with Crippen LogP contribution in [0.5, 0.6) is 0 Å². The number of benzene rings is 1. The van der Waals surface area contributed by atoms with Crippen molar-refractivity contribution in [1.82, 2.24) is 5.32 Å². The van der Waals surface area contributed by atoms with Crippen LogP contribution in [0.2, 0.25) is 0 Å². The summed E-state index contributed by atoms with van der Waals surface area (Å²) >= 11 is 0. The molecule has 6 heteroatoms. The lowest BCUT2D eigenvalue weighted by Crippen LogP contribution is -2.45. The van der Waals surface area contributed by atoms with E-state index in [0.29, 0.717) is 4.90 Å². The second-order valence-electron chi connectivity index (χ2n) is 6.13. The molecule has 0 aliphatic heterocycles. The zero-order chi connectivity index (χ0) is 16.3. The van der Waals surface area contributed by atoms with E-state index >= 15 is 0 Å². The number of amides is 1. The van der Waals surface area contributed by atoms with Crippen molar-refractivity contribution < 1.29 is 13.2 Å². The van der Waals surface area contributed by atoms with Crippen LogP contribution in [0.25, 0.3) is 0 Å². The standard InChI is InChI=1S/C16H24N2O3S/c1-11(12-7-9-13(10-8-12)22(2,20)21)18-15-6-4-3-5-14(15)16(17)19/h7-11,14-15,18H,3-6H2,1-2H3,(H2,17,19)/t11-,14-,15+/m0/s1. The first-order valence-corrected chi connectivity index (χ1v) is 9.53. The first kappa shape index (κ1) is 17.0. The first-order valence-electron chi connectivity index (χ1n) is 7.64. The van der Waals surface area contributed by atoms with Crippen LogP contribution in [-0.2, 0) is 14.6 Å². The highest BCUT2D eigenvalue weighted by atomic mass is 32.2.